The Kier molecular flexibility index (Phi) is 7.20. The molecule has 2 aromatic rings. The van der Waals surface area contributed by atoms with Crippen LogP contribution in [-0.4, -0.2) is 66.5 Å². The van der Waals surface area contributed by atoms with Crippen molar-refractivity contribution in [1.29, 1.82) is 0 Å². The van der Waals surface area contributed by atoms with Crippen LogP contribution in [0.3, 0.4) is 0 Å². The Hall–Kier alpha value is -3.01. The fourth-order valence-electron chi connectivity index (χ4n) is 5.23. The molecule has 0 aliphatic carbocycles. The maximum Gasteiger partial charge on any atom is 0.264 e. The first-order valence-electron chi connectivity index (χ1n) is 12.4. The van der Waals surface area contributed by atoms with Gasteiger partial charge in [-0.05, 0) is 38.8 Å². The molecule has 3 aliphatic heterocycles. The third-order valence-corrected chi connectivity index (χ3v) is 8.66. The largest absolute Gasteiger partial charge is 0.479 e. The summed E-state index contributed by atoms with van der Waals surface area (Å²) in [4.78, 5) is 46.9. The third-order valence-electron chi connectivity index (χ3n) is 7.11. The number of nitrogens with one attached hydrogen (secondary N) is 1. The van der Waals surface area contributed by atoms with Crippen molar-refractivity contribution in [2.24, 2.45) is 4.99 Å². The fraction of sp³-hybridized carbons (Fsp3) is 0.407. The van der Waals surface area contributed by atoms with Gasteiger partial charge < -0.3 is 15.0 Å². The summed E-state index contributed by atoms with van der Waals surface area (Å²) in [6.07, 6.45) is 2.32. The average molecular weight is 541 g/mol. The van der Waals surface area contributed by atoms with Gasteiger partial charge in [0.15, 0.2) is 6.10 Å². The molecule has 0 spiro atoms. The number of allylic oxidation sites excluding steroid dienone is 1. The molecule has 194 valence electrons. The van der Waals surface area contributed by atoms with Crippen molar-refractivity contribution in [1.82, 2.24) is 15.1 Å². The molecule has 0 saturated carbocycles. The van der Waals surface area contributed by atoms with Crippen LogP contribution >= 0.6 is 22.9 Å². The van der Waals surface area contributed by atoms with Crippen molar-refractivity contribution in [2.75, 3.05) is 26.2 Å². The standard InChI is InChI=1S/C27H29ClN4O4S/c1-4-18(26-20(29-3)14-22(37-26)15(2)32-23(33)5-6-24(32)34)19-13-17(28)11-16-12-21(36-25(16)19)27(35)31-9-7-30-8-10-31/h4,11,13-15,21,30H,3,5-10,12H2,1-2H3/b18-4-/t15-,21-/m1/s1. The first-order chi connectivity index (χ1) is 17.8. The van der Waals surface area contributed by atoms with Crippen molar-refractivity contribution in [2.45, 2.75) is 45.3 Å². The minimum Gasteiger partial charge on any atom is -0.479 e. The van der Waals surface area contributed by atoms with E-state index in [1.54, 1.807) is 0 Å². The molecular weight excluding hydrogens is 512 g/mol. The smallest absolute Gasteiger partial charge is 0.264 e. The number of piperazine rings is 1. The topological polar surface area (TPSA) is 91.3 Å². The molecule has 2 fully saturated rings. The second kappa shape index (κ2) is 10.4. The van der Waals surface area contributed by atoms with E-state index in [0.717, 1.165) is 39.5 Å². The second-order valence-electron chi connectivity index (χ2n) is 9.38. The lowest BCUT2D eigenvalue weighted by Crippen LogP contribution is -2.50. The molecule has 8 nitrogen and oxygen atoms in total. The van der Waals surface area contributed by atoms with E-state index in [9.17, 15) is 14.4 Å². The SMILES string of the molecule is C=Nc1cc([C@@H](C)N2C(=O)CCC2=O)sc1/C(=C\C)c1cc(Cl)cc2c1O[C@@H](C(=O)N1CCNCC1)C2. The molecule has 5 rings (SSSR count). The van der Waals surface area contributed by atoms with E-state index in [0.29, 0.717) is 36.0 Å². The van der Waals surface area contributed by atoms with Gasteiger partial charge in [-0.15, -0.1) is 11.3 Å². The zero-order chi connectivity index (χ0) is 26.3. The lowest BCUT2D eigenvalue weighted by atomic mass is 9.98. The van der Waals surface area contributed by atoms with Gasteiger partial charge in [-0.3, -0.25) is 24.3 Å². The van der Waals surface area contributed by atoms with Crippen LogP contribution < -0.4 is 10.1 Å². The van der Waals surface area contributed by atoms with Crippen LogP contribution in [0.25, 0.3) is 5.57 Å². The van der Waals surface area contributed by atoms with Crippen molar-refractivity contribution < 1.29 is 19.1 Å². The van der Waals surface area contributed by atoms with Crippen LogP contribution in [-0.2, 0) is 20.8 Å². The number of ether oxygens (including phenoxy) is 1. The number of fused-ring (bicyclic) bond motifs is 1. The van der Waals surface area contributed by atoms with Crippen molar-refractivity contribution in [3.05, 3.63) is 50.2 Å². The highest BCUT2D eigenvalue weighted by Gasteiger charge is 2.37. The summed E-state index contributed by atoms with van der Waals surface area (Å²) < 4.78 is 6.30. The number of hydrogen-bond donors (Lipinski definition) is 1. The Morgan fingerprint density at radius 2 is 1.95 bits per heavy atom. The van der Waals surface area contributed by atoms with Gasteiger partial charge in [0.25, 0.3) is 5.91 Å². The zero-order valence-corrected chi connectivity index (χ0v) is 22.5. The van der Waals surface area contributed by atoms with Crippen molar-refractivity contribution in [3.63, 3.8) is 0 Å². The summed E-state index contributed by atoms with van der Waals surface area (Å²) in [5, 5.41) is 3.82. The maximum atomic E-state index is 13.2. The van der Waals surface area contributed by atoms with Crippen molar-refractivity contribution >= 4 is 58.6 Å². The Morgan fingerprint density at radius 1 is 1.24 bits per heavy atom. The number of likely N-dealkylation sites (tertiary alicyclic amines) is 1. The highest BCUT2D eigenvalue weighted by molar-refractivity contribution is 7.14. The number of amides is 3. The minimum absolute atomic E-state index is 0.0116. The maximum absolute atomic E-state index is 13.2. The molecule has 2 saturated heterocycles. The number of nitrogens with zero attached hydrogens (tertiary/aromatic N) is 3. The monoisotopic (exact) mass is 540 g/mol. The van der Waals surface area contributed by atoms with Crippen LogP contribution in [0.4, 0.5) is 5.69 Å². The molecule has 3 aliphatic rings. The Bertz CT molecular complexity index is 1300. The molecule has 4 heterocycles. The van der Waals surface area contributed by atoms with Crippen LogP contribution in [0.5, 0.6) is 5.75 Å². The number of rotatable bonds is 6. The Morgan fingerprint density at radius 3 is 2.59 bits per heavy atom. The summed E-state index contributed by atoms with van der Waals surface area (Å²) in [6.45, 7) is 10.4. The number of hydrogen-bond acceptors (Lipinski definition) is 7. The molecule has 1 N–H and O–H groups in total. The molecule has 3 amide bonds. The summed E-state index contributed by atoms with van der Waals surface area (Å²) >= 11 is 8.00. The molecular formula is C27H29ClN4O4S. The Labute approximate surface area is 224 Å². The highest BCUT2D eigenvalue weighted by Crippen LogP contribution is 2.47. The number of aliphatic imine (C=N–C) groups is 1. The van der Waals surface area contributed by atoms with E-state index < -0.39 is 12.1 Å². The minimum atomic E-state index is -0.591. The number of carbonyl (C=O) groups is 3. The van der Waals surface area contributed by atoms with E-state index in [1.807, 2.05) is 43.0 Å². The van der Waals surface area contributed by atoms with E-state index in [-0.39, 0.29) is 30.6 Å². The normalized spacial score (nSPS) is 20.7. The lowest BCUT2D eigenvalue weighted by Gasteiger charge is -2.29. The summed E-state index contributed by atoms with van der Waals surface area (Å²) in [6, 6.07) is 5.18. The van der Waals surface area contributed by atoms with Crippen LogP contribution in [0.15, 0.2) is 29.3 Å². The molecule has 37 heavy (non-hydrogen) atoms. The van der Waals surface area contributed by atoms with E-state index >= 15 is 0 Å². The molecule has 0 radical (unpaired) electrons. The average Bonchev–Trinajstić information content (AvgIpc) is 3.61. The van der Waals surface area contributed by atoms with Gasteiger partial charge in [0.1, 0.15) is 5.75 Å². The number of imide groups is 1. The molecule has 1 aromatic heterocycles. The second-order valence-corrected chi connectivity index (χ2v) is 10.9. The highest BCUT2D eigenvalue weighted by atomic mass is 35.5. The van der Waals surface area contributed by atoms with Crippen LogP contribution in [0.2, 0.25) is 5.02 Å². The number of thiophene rings is 1. The van der Waals surface area contributed by atoms with Crippen molar-refractivity contribution in [3.8, 4) is 5.75 Å². The molecule has 1 aromatic carbocycles. The first-order valence-corrected chi connectivity index (χ1v) is 13.6. The fourth-order valence-corrected chi connectivity index (χ4v) is 6.72. The lowest BCUT2D eigenvalue weighted by molar-refractivity contribution is -0.141. The van der Waals surface area contributed by atoms with Gasteiger partial charge in [0, 0.05) is 72.0 Å². The van der Waals surface area contributed by atoms with E-state index in [1.165, 1.54) is 16.2 Å². The summed E-state index contributed by atoms with van der Waals surface area (Å²) in [5.41, 5.74) is 3.17. The van der Waals surface area contributed by atoms with Gasteiger partial charge in [-0.2, -0.15) is 0 Å². The van der Waals surface area contributed by atoms with E-state index in [2.05, 4.69) is 17.0 Å². The van der Waals surface area contributed by atoms with Gasteiger partial charge in [0.2, 0.25) is 11.8 Å². The first kappa shape index (κ1) is 25.6. The summed E-state index contributed by atoms with van der Waals surface area (Å²) in [7, 11) is 0. The zero-order valence-electron chi connectivity index (χ0n) is 20.9. The number of carbonyl (C=O) groups excluding carboxylic acids is 3. The predicted molar refractivity (Wildman–Crippen MR) is 145 cm³/mol. The molecule has 0 bridgehead atoms. The number of benzene rings is 1. The van der Waals surface area contributed by atoms with Gasteiger partial charge in [-0.25, -0.2) is 0 Å². The molecule has 2 atom stereocenters. The third kappa shape index (κ3) is 4.71. The number of halogens is 1. The molecule has 10 heteroatoms. The van der Waals surface area contributed by atoms with Crippen LogP contribution in [0, 0.1) is 0 Å². The predicted octanol–water partition coefficient (Wildman–Crippen LogP) is 4.13. The van der Waals surface area contributed by atoms with Crippen LogP contribution in [0.1, 0.15) is 53.6 Å². The molecule has 0 unspecified atom stereocenters. The summed E-state index contributed by atoms with van der Waals surface area (Å²) in [5.74, 6) is 0.317. The van der Waals surface area contributed by atoms with E-state index in [4.69, 9.17) is 16.3 Å². The van der Waals surface area contributed by atoms with Gasteiger partial charge >= 0.3 is 0 Å². The quantitative estimate of drug-likeness (QED) is 0.439. The Balaban J connectivity index is 1.48. The van der Waals surface area contributed by atoms with Gasteiger partial charge in [0.05, 0.1) is 16.6 Å². The van der Waals surface area contributed by atoms with Gasteiger partial charge in [-0.1, -0.05) is 17.7 Å².